The van der Waals surface area contributed by atoms with Gasteiger partial charge in [-0.3, -0.25) is 4.79 Å². The first-order chi connectivity index (χ1) is 12.6. The molecular weight excluding hydrogens is 330 g/mol. The summed E-state index contributed by atoms with van der Waals surface area (Å²) in [6.07, 6.45) is 3.45. The van der Waals surface area contributed by atoms with Crippen LogP contribution in [0.1, 0.15) is 11.1 Å². The molecule has 0 saturated carbocycles. The van der Waals surface area contributed by atoms with Gasteiger partial charge in [-0.25, -0.2) is 4.79 Å². The predicted octanol–water partition coefficient (Wildman–Crippen LogP) is 3.33. The molecule has 4 rings (SSSR count). The Hall–Kier alpha value is -3.34. The molecule has 5 nitrogen and oxygen atoms in total. The molecule has 1 N–H and O–H groups in total. The number of nitrogens with zero attached hydrogens (tertiary/aromatic N) is 1. The molecule has 0 fully saturated rings. The van der Waals surface area contributed by atoms with Gasteiger partial charge >= 0.3 is 5.97 Å². The zero-order valence-corrected chi connectivity index (χ0v) is 14.2. The van der Waals surface area contributed by atoms with Crippen LogP contribution < -0.4 is 10.3 Å². The van der Waals surface area contributed by atoms with Crippen molar-refractivity contribution >= 4 is 22.8 Å². The maximum absolute atomic E-state index is 13.1. The van der Waals surface area contributed by atoms with Gasteiger partial charge in [-0.2, -0.15) is 0 Å². The van der Waals surface area contributed by atoms with Gasteiger partial charge in [0.25, 0.3) is 5.56 Å². The summed E-state index contributed by atoms with van der Waals surface area (Å²) in [6, 6.07) is 13.2. The minimum Gasteiger partial charge on any atom is -0.497 e. The van der Waals surface area contributed by atoms with Crippen molar-refractivity contribution in [1.82, 2.24) is 4.57 Å². The standard InChI is InChI=1S/C21H17NO4/c1-26-14-6-7-16-17(8-9-19(23)24)20-15-5-3-2-4-13(15)10-11-22(20)21(25)18(16)12-14/h2-9,12H,10-11H2,1H3,(H,23,24). The largest absolute Gasteiger partial charge is 0.497 e. The molecule has 1 aliphatic heterocycles. The Kier molecular flexibility index (Phi) is 3.84. The second-order valence-corrected chi connectivity index (χ2v) is 6.21. The number of fused-ring (bicyclic) bond motifs is 4. The van der Waals surface area contributed by atoms with Crippen molar-refractivity contribution in [3.8, 4) is 17.0 Å². The molecular formula is C21H17NO4. The molecule has 0 radical (unpaired) electrons. The lowest BCUT2D eigenvalue weighted by Crippen LogP contribution is -2.27. The number of aromatic nitrogens is 1. The summed E-state index contributed by atoms with van der Waals surface area (Å²) in [6.45, 7) is 0.562. The number of carboxylic acid groups (broad SMARTS) is 1. The van der Waals surface area contributed by atoms with Crippen LogP contribution in [-0.2, 0) is 17.8 Å². The zero-order chi connectivity index (χ0) is 18.3. The Morgan fingerprint density at radius 1 is 1.19 bits per heavy atom. The lowest BCUT2D eigenvalue weighted by atomic mass is 9.91. The number of carbonyl (C=O) groups is 1. The van der Waals surface area contributed by atoms with Gasteiger partial charge < -0.3 is 14.4 Å². The number of pyridine rings is 1. The van der Waals surface area contributed by atoms with Gasteiger partial charge in [0.1, 0.15) is 5.75 Å². The highest BCUT2D eigenvalue weighted by Gasteiger charge is 2.22. The molecule has 2 heterocycles. The van der Waals surface area contributed by atoms with E-state index in [1.807, 2.05) is 30.3 Å². The fourth-order valence-electron chi connectivity index (χ4n) is 3.61. The molecule has 26 heavy (non-hydrogen) atoms. The molecule has 1 aromatic heterocycles. The molecule has 0 bridgehead atoms. The average molecular weight is 347 g/mol. The molecule has 0 amide bonds. The van der Waals surface area contributed by atoms with Crippen LogP contribution in [0.25, 0.3) is 28.1 Å². The molecule has 0 aliphatic carbocycles. The topological polar surface area (TPSA) is 68.5 Å². The fourth-order valence-corrected chi connectivity index (χ4v) is 3.61. The van der Waals surface area contributed by atoms with E-state index in [4.69, 9.17) is 9.84 Å². The smallest absolute Gasteiger partial charge is 0.328 e. The number of aryl methyl sites for hydroxylation is 1. The quantitative estimate of drug-likeness (QED) is 0.738. The van der Waals surface area contributed by atoms with Crippen molar-refractivity contribution in [3.63, 3.8) is 0 Å². The first-order valence-electron chi connectivity index (χ1n) is 8.34. The Labute approximate surface area is 149 Å². The van der Waals surface area contributed by atoms with Crippen molar-refractivity contribution in [1.29, 1.82) is 0 Å². The summed E-state index contributed by atoms with van der Waals surface area (Å²) in [5.74, 6) is -0.430. The van der Waals surface area contributed by atoms with E-state index in [2.05, 4.69) is 0 Å². The lowest BCUT2D eigenvalue weighted by molar-refractivity contribution is -0.131. The summed E-state index contributed by atoms with van der Waals surface area (Å²) < 4.78 is 7.00. The lowest BCUT2D eigenvalue weighted by Gasteiger charge is -2.25. The predicted molar refractivity (Wildman–Crippen MR) is 101 cm³/mol. The summed E-state index contributed by atoms with van der Waals surface area (Å²) in [5, 5.41) is 10.4. The van der Waals surface area contributed by atoms with Crippen LogP contribution in [-0.4, -0.2) is 22.8 Å². The van der Waals surface area contributed by atoms with Gasteiger partial charge in [-0.1, -0.05) is 24.3 Å². The Balaban J connectivity index is 2.15. The van der Waals surface area contributed by atoms with Crippen molar-refractivity contribution in [2.45, 2.75) is 13.0 Å². The third kappa shape index (κ3) is 2.49. The number of hydrogen-bond acceptors (Lipinski definition) is 3. The van der Waals surface area contributed by atoms with Gasteiger partial charge in [0, 0.05) is 23.7 Å². The Morgan fingerprint density at radius 3 is 2.77 bits per heavy atom. The van der Waals surface area contributed by atoms with Crippen LogP contribution in [0, 0.1) is 0 Å². The van der Waals surface area contributed by atoms with E-state index in [-0.39, 0.29) is 5.56 Å². The number of methoxy groups -OCH3 is 1. The summed E-state index contributed by atoms with van der Waals surface area (Å²) in [4.78, 5) is 24.2. The van der Waals surface area contributed by atoms with Crippen molar-refractivity contribution in [2.75, 3.05) is 7.11 Å². The monoisotopic (exact) mass is 347 g/mol. The van der Waals surface area contributed by atoms with Crippen LogP contribution in [0.4, 0.5) is 0 Å². The van der Waals surface area contributed by atoms with Crippen LogP contribution >= 0.6 is 0 Å². The first kappa shape index (κ1) is 16.1. The molecule has 3 aromatic rings. The van der Waals surface area contributed by atoms with E-state index in [1.54, 1.807) is 29.9 Å². The van der Waals surface area contributed by atoms with Crippen LogP contribution in [0.3, 0.4) is 0 Å². The van der Waals surface area contributed by atoms with Crippen LogP contribution in [0.5, 0.6) is 5.75 Å². The second kappa shape index (κ2) is 6.19. The number of carboxylic acids is 1. The SMILES string of the molecule is COc1ccc2c(C=CC(=O)O)c3n(c(=O)c2c1)CCc1ccccc1-3. The summed E-state index contributed by atoms with van der Waals surface area (Å²) >= 11 is 0. The molecule has 0 atom stereocenters. The van der Waals surface area contributed by atoms with Gasteiger partial charge in [0.15, 0.2) is 0 Å². The molecule has 130 valence electrons. The van der Waals surface area contributed by atoms with Crippen molar-refractivity contribution in [3.05, 3.63) is 70.0 Å². The van der Waals surface area contributed by atoms with E-state index >= 15 is 0 Å². The molecule has 0 spiro atoms. The minimum absolute atomic E-state index is 0.0871. The highest BCUT2D eigenvalue weighted by molar-refractivity contribution is 5.99. The molecule has 0 saturated heterocycles. The highest BCUT2D eigenvalue weighted by Crippen LogP contribution is 2.35. The Morgan fingerprint density at radius 2 is 2.00 bits per heavy atom. The van der Waals surface area contributed by atoms with Crippen molar-refractivity contribution in [2.24, 2.45) is 0 Å². The first-order valence-corrected chi connectivity index (χ1v) is 8.34. The van der Waals surface area contributed by atoms with E-state index < -0.39 is 5.97 Å². The van der Waals surface area contributed by atoms with E-state index in [0.29, 0.717) is 17.7 Å². The normalized spacial score (nSPS) is 12.8. The fraction of sp³-hybridized carbons (Fsp3) is 0.143. The molecule has 0 unspecified atom stereocenters. The minimum atomic E-state index is -1.03. The number of benzene rings is 2. The third-order valence-electron chi connectivity index (χ3n) is 4.79. The molecule has 1 aliphatic rings. The number of aliphatic carboxylic acids is 1. The van der Waals surface area contributed by atoms with Gasteiger partial charge in [-0.15, -0.1) is 0 Å². The second-order valence-electron chi connectivity index (χ2n) is 6.21. The number of rotatable bonds is 3. The van der Waals surface area contributed by atoms with E-state index in [0.717, 1.165) is 40.3 Å². The number of hydrogen-bond donors (Lipinski definition) is 1. The van der Waals surface area contributed by atoms with Gasteiger partial charge in [-0.05, 0) is 41.6 Å². The highest BCUT2D eigenvalue weighted by atomic mass is 16.5. The maximum atomic E-state index is 13.1. The molecule has 5 heteroatoms. The maximum Gasteiger partial charge on any atom is 0.328 e. The summed E-state index contributed by atoms with van der Waals surface area (Å²) in [7, 11) is 1.55. The van der Waals surface area contributed by atoms with E-state index in [9.17, 15) is 9.59 Å². The van der Waals surface area contributed by atoms with E-state index in [1.165, 1.54) is 0 Å². The van der Waals surface area contributed by atoms with Gasteiger partial charge in [0.2, 0.25) is 0 Å². The number of ether oxygens (including phenoxy) is 1. The van der Waals surface area contributed by atoms with Crippen molar-refractivity contribution < 1.29 is 14.6 Å². The zero-order valence-electron chi connectivity index (χ0n) is 14.2. The van der Waals surface area contributed by atoms with Crippen LogP contribution in [0.15, 0.2) is 53.3 Å². The molecule has 2 aromatic carbocycles. The third-order valence-corrected chi connectivity index (χ3v) is 4.79. The summed E-state index contributed by atoms with van der Waals surface area (Å²) in [5.41, 5.74) is 3.54. The van der Waals surface area contributed by atoms with Crippen LogP contribution in [0.2, 0.25) is 0 Å². The average Bonchev–Trinajstić information content (AvgIpc) is 2.67. The van der Waals surface area contributed by atoms with Gasteiger partial charge in [0.05, 0.1) is 18.2 Å². The Bertz CT molecular complexity index is 1120.